The standard InChI is InChI=1S/C13H10Cl2F3NS/c1-19-11(8-6-10(14)20-12(8)15)7-4-2-3-5-9(7)13(16,17)18/h2-6,11,19H,1H3. The molecule has 1 N–H and O–H groups in total. The average Bonchev–Trinajstić information content (AvgIpc) is 2.69. The van der Waals surface area contributed by atoms with Crippen LogP contribution in [0.2, 0.25) is 8.67 Å². The third-order valence-electron chi connectivity index (χ3n) is 2.86. The Morgan fingerprint density at radius 3 is 2.30 bits per heavy atom. The zero-order valence-electron chi connectivity index (χ0n) is 10.3. The molecule has 2 rings (SSSR count). The Kier molecular flexibility index (Phi) is 4.64. The van der Waals surface area contributed by atoms with E-state index < -0.39 is 17.8 Å². The summed E-state index contributed by atoms with van der Waals surface area (Å²) in [7, 11) is 1.58. The first kappa shape index (κ1) is 15.6. The van der Waals surface area contributed by atoms with Crippen LogP contribution >= 0.6 is 34.5 Å². The first-order valence-electron chi connectivity index (χ1n) is 5.62. The fraction of sp³-hybridized carbons (Fsp3) is 0.231. The molecule has 0 aliphatic rings. The monoisotopic (exact) mass is 339 g/mol. The lowest BCUT2D eigenvalue weighted by atomic mass is 9.96. The molecule has 108 valence electrons. The van der Waals surface area contributed by atoms with Gasteiger partial charge in [-0.05, 0) is 24.7 Å². The number of halogens is 5. The van der Waals surface area contributed by atoms with Gasteiger partial charge in [0, 0.05) is 5.56 Å². The van der Waals surface area contributed by atoms with Crippen molar-refractivity contribution in [2.75, 3.05) is 7.05 Å². The number of alkyl halides is 3. The van der Waals surface area contributed by atoms with E-state index >= 15 is 0 Å². The highest BCUT2D eigenvalue weighted by molar-refractivity contribution is 7.20. The van der Waals surface area contributed by atoms with E-state index in [1.54, 1.807) is 19.2 Å². The van der Waals surface area contributed by atoms with E-state index in [0.717, 1.165) is 17.4 Å². The summed E-state index contributed by atoms with van der Waals surface area (Å²) in [4.78, 5) is 0. The van der Waals surface area contributed by atoms with Gasteiger partial charge in [-0.3, -0.25) is 0 Å². The highest BCUT2D eigenvalue weighted by Crippen LogP contribution is 2.41. The maximum Gasteiger partial charge on any atom is 0.416 e. The van der Waals surface area contributed by atoms with Gasteiger partial charge in [0.1, 0.15) is 0 Å². The molecule has 1 aromatic carbocycles. The Bertz CT molecular complexity index is 610. The van der Waals surface area contributed by atoms with Crippen molar-refractivity contribution in [3.05, 3.63) is 55.7 Å². The van der Waals surface area contributed by atoms with Crippen molar-refractivity contribution in [1.29, 1.82) is 0 Å². The fourth-order valence-corrected chi connectivity index (χ4v) is 3.57. The van der Waals surface area contributed by atoms with Crippen LogP contribution in [0, 0.1) is 0 Å². The van der Waals surface area contributed by atoms with Gasteiger partial charge in [0.15, 0.2) is 0 Å². The molecule has 1 aromatic heterocycles. The summed E-state index contributed by atoms with van der Waals surface area (Å²) >= 11 is 13.0. The molecule has 0 bridgehead atoms. The first-order valence-corrected chi connectivity index (χ1v) is 7.20. The Morgan fingerprint density at radius 2 is 1.80 bits per heavy atom. The predicted octanol–water partition coefficient (Wildman–Crippen LogP) is 5.38. The molecule has 7 heteroatoms. The maximum absolute atomic E-state index is 13.1. The summed E-state index contributed by atoms with van der Waals surface area (Å²) in [5.41, 5.74) is -0.0162. The number of rotatable bonds is 3. The summed E-state index contributed by atoms with van der Waals surface area (Å²) in [6.45, 7) is 0. The highest BCUT2D eigenvalue weighted by Gasteiger charge is 2.35. The lowest BCUT2D eigenvalue weighted by molar-refractivity contribution is -0.138. The van der Waals surface area contributed by atoms with Gasteiger partial charge in [0.25, 0.3) is 0 Å². The van der Waals surface area contributed by atoms with E-state index in [9.17, 15) is 13.2 Å². The number of benzene rings is 1. The third-order valence-corrected chi connectivity index (χ3v) is 4.38. The van der Waals surface area contributed by atoms with Crippen molar-refractivity contribution < 1.29 is 13.2 Å². The summed E-state index contributed by atoms with van der Waals surface area (Å²) in [5.74, 6) is 0. The van der Waals surface area contributed by atoms with Crippen molar-refractivity contribution in [3.8, 4) is 0 Å². The first-order chi connectivity index (χ1) is 9.34. The molecule has 1 atom stereocenters. The zero-order chi connectivity index (χ0) is 14.9. The van der Waals surface area contributed by atoms with Gasteiger partial charge in [0.2, 0.25) is 0 Å². The number of nitrogens with one attached hydrogen (secondary N) is 1. The van der Waals surface area contributed by atoms with Gasteiger partial charge in [-0.25, -0.2) is 0 Å². The van der Waals surface area contributed by atoms with Crippen LogP contribution in [0.5, 0.6) is 0 Å². The van der Waals surface area contributed by atoms with Gasteiger partial charge in [-0.2, -0.15) is 13.2 Å². The molecular weight excluding hydrogens is 330 g/mol. The number of hydrogen-bond acceptors (Lipinski definition) is 2. The van der Waals surface area contributed by atoms with E-state index in [0.29, 0.717) is 14.2 Å². The molecule has 0 aliphatic heterocycles. The van der Waals surface area contributed by atoms with Crippen molar-refractivity contribution in [3.63, 3.8) is 0 Å². The summed E-state index contributed by atoms with van der Waals surface area (Å²) in [6.07, 6.45) is -4.42. The Hall–Kier alpha value is -0.750. The lowest BCUT2D eigenvalue weighted by Gasteiger charge is -2.21. The molecule has 0 saturated carbocycles. The average molecular weight is 340 g/mol. The topological polar surface area (TPSA) is 12.0 Å². The van der Waals surface area contributed by atoms with E-state index in [2.05, 4.69) is 5.32 Å². The lowest BCUT2D eigenvalue weighted by Crippen LogP contribution is -2.21. The minimum atomic E-state index is -4.42. The Labute approximate surface area is 128 Å². The smallest absolute Gasteiger partial charge is 0.309 e. The molecule has 0 fully saturated rings. The van der Waals surface area contributed by atoms with Gasteiger partial charge in [0.05, 0.1) is 20.3 Å². The van der Waals surface area contributed by atoms with E-state index in [1.807, 2.05) is 0 Å². The molecule has 0 radical (unpaired) electrons. The predicted molar refractivity (Wildman–Crippen MR) is 76.7 cm³/mol. The summed E-state index contributed by atoms with van der Waals surface area (Å²) in [6, 6.07) is 6.35. The van der Waals surface area contributed by atoms with Gasteiger partial charge in [-0.1, -0.05) is 41.4 Å². The minimum Gasteiger partial charge on any atom is -0.309 e. The van der Waals surface area contributed by atoms with Crippen LogP contribution < -0.4 is 5.32 Å². The SMILES string of the molecule is CNC(c1ccccc1C(F)(F)F)c1cc(Cl)sc1Cl. The molecule has 0 aliphatic carbocycles. The van der Waals surface area contributed by atoms with Crippen LogP contribution in [0.25, 0.3) is 0 Å². The van der Waals surface area contributed by atoms with E-state index in [4.69, 9.17) is 23.2 Å². The quantitative estimate of drug-likeness (QED) is 0.791. The van der Waals surface area contributed by atoms with Crippen LogP contribution in [0.15, 0.2) is 30.3 Å². The second-order valence-electron chi connectivity index (χ2n) is 4.09. The molecule has 20 heavy (non-hydrogen) atoms. The Balaban J connectivity index is 2.56. The molecule has 0 amide bonds. The number of hydrogen-bond donors (Lipinski definition) is 1. The molecule has 2 aromatic rings. The van der Waals surface area contributed by atoms with Crippen LogP contribution in [0.4, 0.5) is 13.2 Å². The van der Waals surface area contributed by atoms with Crippen LogP contribution in [0.3, 0.4) is 0 Å². The minimum absolute atomic E-state index is 0.124. The van der Waals surface area contributed by atoms with Gasteiger partial charge < -0.3 is 5.32 Å². The second kappa shape index (κ2) is 5.93. The van der Waals surface area contributed by atoms with Crippen LogP contribution in [0.1, 0.15) is 22.7 Å². The van der Waals surface area contributed by atoms with Crippen LogP contribution in [-0.2, 0) is 6.18 Å². The fourth-order valence-electron chi connectivity index (χ4n) is 2.04. The van der Waals surface area contributed by atoms with Crippen molar-refractivity contribution >= 4 is 34.5 Å². The number of thiophene rings is 1. The second-order valence-corrected chi connectivity index (χ2v) is 6.37. The van der Waals surface area contributed by atoms with Gasteiger partial charge in [-0.15, -0.1) is 11.3 Å². The highest BCUT2D eigenvalue weighted by atomic mass is 35.5. The van der Waals surface area contributed by atoms with Crippen molar-refractivity contribution in [2.45, 2.75) is 12.2 Å². The Morgan fingerprint density at radius 1 is 1.15 bits per heavy atom. The summed E-state index contributed by atoms with van der Waals surface area (Å²) in [5, 5.41) is 2.86. The van der Waals surface area contributed by atoms with E-state index in [-0.39, 0.29) is 5.56 Å². The largest absolute Gasteiger partial charge is 0.416 e. The maximum atomic E-state index is 13.1. The normalized spacial score (nSPS) is 13.5. The van der Waals surface area contributed by atoms with Gasteiger partial charge >= 0.3 is 6.18 Å². The zero-order valence-corrected chi connectivity index (χ0v) is 12.6. The molecule has 1 nitrogen and oxygen atoms in total. The molecule has 0 saturated heterocycles. The third kappa shape index (κ3) is 3.11. The molecule has 0 spiro atoms. The summed E-state index contributed by atoms with van der Waals surface area (Å²) < 4.78 is 40.1. The molecule has 1 heterocycles. The van der Waals surface area contributed by atoms with Crippen LogP contribution in [-0.4, -0.2) is 7.05 Å². The van der Waals surface area contributed by atoms with Crippen molar-refractivity contribution in [1.82, 2.24) is 5.32 Å². The molecular formula is C13H10Cl2F3NS. The van der Waals surface area contributed by atoms with Crippen molar-refractivity contribution in [2.24, 2.45) is 0 Å². The van der Waals surface area contributed by atoms with E-state index in [1.165, 1.54) is 12.1 Å². The molecule has 1 unspecified atom stereocenters.